The molecule has 0 atom stereocenters. The van der Waals surface area contributed by atoms with Gasteiger partial charge in [0.2, 0.25) is 10.0 Å². The number of carboxylic acids is 1. The molecule has 0 amide bonds. The molecule has 0 bridgehead atoms. The Hall–Kier alpha value is -1.71. The Balaban J connectivity index is 1.90. The molecule has 23 heavy (non-hydrogen) atoms. The molecule has 0 aromatic carbocycles. The van der Waals surface area contributed by atoms with Crippen molar-refractivity contribution in [2.24, 2.45) is 5.92 Å². The van der Waals surface area contributed by atoms with E-state index in [1.54, 1.807) is 6.92 Å². The molecule has 3 heterocycles. The smallest absolute Gasteiger partial charge is 0.306 e. The quantitative estimate of drug-likeness (QED) is 0.883. The van der Waals surface area contributed by atoms with Crippen LogP contribution in [0.15, 0.2) is 17.3 Å². The average molecular weight is 359 g/mol. The Morgan fingerprint density at radius 2 is 2.04 bits per heavy atom. The number of hydrogen-bond acceptors (Lipinski definition) is 5. The summed E-state index contributed by atoms with van der Waals surface area (Å²) in [5, 5.41) is 13.5. The minimum Gasteiger partial charge on any atom is -0.481 e. The van der Waals surface area contributed by atoms with Crippen LogP contribution in [0, 0.1) is 12.8 Å². The first kappa shape index (κ1) is 16.2. The lowest BCUT2D eigenvalue weighted by Gasteiger charge is -2.29. The molecular weight excluding hydrogens is 344 g/mol. The standard InChI is InChI=1S/C13H15ClN4O4S/c1-8-11(14)12-15-6-10(7-18(12)16-8)23(21,22)17-4-2-9(3-5-17)13(19)20/h6-7,9H,2-5H2,1H3,(H,19,20). The van der Waals surface area contributed by atoms with Crippen molar-refractivity contribution in [3.8, 4) is 0 Å². The van der Waals surface area contributed by atoms with Gasteiger partial charge in [0.25, 0.3) is 0 Å². The van der Waals surface area contributed by atoms with Gasteiger partial charge in [-0.2, -0.15) is 9.40 Å². The summed E-state index contributed by atoms with van der Waals surface area (Å²) in [7, 11) is -3.73. The minimum atomic E-state index is -3.73. The second kappa shape index (κ2) is 5.73. The maximum atomic E-state index is 12.7. The average Bonchev–Trinajstić information content (AvgIpc) is 2.81. The number of fused-ring (bicyclic) bond motifs is 1. The number of piperidine rings is 1. The van der Waals surface area contributed by atoms with E-state index in [2.05, 4.69) is 10.1 Å². The highest BCUT2D eigenvalue weighted by Gasteiger charge is 2.32. The summed E-state index contributed by atoms with van der Waals surface area (Å²) in [6.07, 6.45) is 3.23. The summed E-state index contributed by atoms with van der Waals surface area (Å²) in [5.41, 5.74) is 0.962. The van der Waals surface area contributed by atoms with Crippen LogP contribution in [-0.2, 0) is 14.8 Å². The van der Waals surface area contributed by atoms with E-state index >= 15 is 0 Å². The third-order valence-corrected chi connectivity index (χ3v) is 6.29. The van der Waals surface area contributed by atoms with E-state index in [1.165, 1.54) is 21.2 Å². The molecule has 1 aliphatic rings. The summed E-state index contributed by atoms with van der Waals surface area (Å²) in [4.78, 5) is 15.0. The highest BCUT2D eigenvalue weighted by Crippen LogP contribution is 2.25. The van der Waals surface area contributed by atoms with Gasteiger partial charge >= 0.3 is 5.97 Å². The van der Waals surface area contributed by atoms with Crippen molar-refractivity contribution >= 4 is 33.2 Å². The van der Waals surface area contributed by atoms with Gasteiger partial charge < -0.3 is 5.11 Å². The molecule has 0 unspecified atom stereocenters. The fourth-order valence-electron chi connectivity index (χ4n) is 2.63. The lowest BCUT2D eigenvalue weighted by atomic mass is 9.99. The van der Waals surface area contributed by atoms with Crippen LogP contribution in [-0.4, -0.2) is 51.5 Å². The lowest BCUT2D eigenvalue weighted by Crippen LogP contribution is -2.40. The number of sulfonamides is 1. The van der Waals surface area contributed by atoms with Crippen LogP contribution in [0.2, 0.25) is 5.02 Å². The zero-order valence-electron chi connectivity index (χ0n) is 12.3. The number of halogens is 1. The van der Waals surface area contributed by atoms with Crippen molar-refractivity contribution in [2.45, 2.75) is 24.7 Å². The molecule has 2 aromatic rings. The van der Waals surface area contributed by atoms with Crippen LogP contribution in [0.5, 0.6) is 0 Å². The Labute approximate surface area is 137 Å². The zero-order valence-corrected chi connectivity index (χ0v) is 13.9. The summed E-state index contributed by atoms with van der Waals surface area (Å²) >= 11 is 6.04. The highest BCUT2D eigenvalue weighted by atomic mass is 35.5. The van der Waals surface area contributed by atoms with Gasteiger partial charge in [0, 0.05) is 13.1 Å². The van der Waals surface area contributed by atoms with Crippen LogP contribution >= 0.6 is 11.6 Å². The molecule has 124 valence electrons. The maximum absolute atomic E-state index is 12.7. The molecular formula is C13H15ClN4O4S. The molecule has 1 fully saturated rings. The number of carbonyl (C=O) groups is 1. The number of nitrogens with zero attached hydrogens (tertiary/aromatic N) is 4. The Bertz CT molecular complexity index is 871. The normalized spacial score (nSPS) is 17.7. The van der Waals surface area contributed by atoms with Crippen LogP contribution in [0.25, 0.3) is 5.65 Å². The van der Waals surface area contributed by atoms with Crippen LogP contribution < -0.4 is 0 Å². The van der Waals surface area contributed by atoms with E-state index < -0.39 is 21.9 Å². The van der Waals surface area contributed by atoms with Crippen LogP contribution in [0.3, 0.4) is 0 Å². The van der Waals surface area contributed by atoms with Gasteiger partial charge in [-0.3, -0.25) is 4.79 Å². The van der Waals surface area contributed by atoms with Gasteiger partial charge in [0.05, 0.1) is 24.0 Å². The van der Waals surface area contributed by atoms with E-state index in [-0.39, 0.29) is 18.0 Å². The molecule has 1 saturated heterocycles. The molecule has 8 nitrogen and oxygen atoms in total. The number of rotatable bonds is 3. The third kappa shape index (κ3) is 2.79. The first-order chi connectivity index (χ1) is 10.8. The predicted molar refractivity (Wildman–Crippen MR) is 81.9 cm³/mol. The van der Waals surface area contributed by atoms with Gasteiger partial charge in [-0.15, -0.1) is 0 Å². The van der Waals surface area contributed by atoms with E-state index in [1.807, 2.05) is 0 Å². The second-order valence-corrected chi connectivity index (χ2v) is 7.79. The van der Waals surface area contributed by atoms with Gasteiger partial charge in [0.1, 0.15) is 9.92 Å². The van der Waals surface area contributed by atoms with Crippen molar-refractivity contribution < 1.29 is 18.3 Å². The first-order valence-corrected chi connectivity index (χ1v) is 8.86. The third-order valence-electron chi connectivity index (χ3n) is 3.99. The SMILES string of the molecule is Cc1nn2cc(S(=O)(=O)N3CCC(C(=O)O)CC3)cnc2c1Cl. The van der Waals surface area contributed by atoms with Gasteiger partial charge in [-0.1, -0.05) is 11.6 Å². The summed E-state index contributed by atoms with van der Waals surface area (Å²) < 4.78 is 28.0. The predicted octanol–water partition coefficient (Wildman–Crippen LogP) is 1.18. The minimum absolute atomic E-state index is 0.0120. The number of aryl methyl sites for hydroxylation is 1. The highest BCUT2D eigenvalue weighted by molar-refractivity contribution is 7.89. The molecule has 0 radical (unpaired) electrons. The molecule has 1 aliphatic heterocycles. The van der Waals surface area contributed by atoms with Crippen molar-refractivity contribution in [2.75, 3.05) is 13.1 Å². The molecule has 10 heteroatoms. The summed E-state index contributed by atoms with van der Waals surface area (Å²) in [6, 6.07) is 0. The van der Waals surface area contributed by atoms with Crippen molar-refractivity contribution in [3.63, 3.8) is 0 Å². The Kier molecular flexibility index (Phi) is 4.03. The van der Waals surface area contributed by atoms with Gasteiger partial charge in [-0.25, -0.2) is 17.9 Å². The topological polar surface area (TPSA) is 105 Å². The molecule has 0 aliphatic carbocycles. The van der Waals surface area contributed by atoms with Gasteiger partial charge in [0.15, 0.2) is 5.65 Å². The maximum Gasteiger partial charge on any atom is 0.306 e. The van der Waals surface area contributed by atoms with E-state index in [9.17, 15) is 13.2 Å². The fourth-order valence-corrected chi connectivity index (χ4v) is 4.21. The monoisotopic (exact) mass is 358 g/mol. The Morgan fingerprint density at radius 3 is 2.65 bits per heavy atom. The molecule has 0 spiro atoms. The second-order valence-electron chi connectivity index (χ2n) is 5.47. The number of carboxylic acid groups (broad SMARTS) is 1. The molecule has 1 N–H and O–H groups in total. The summed E-state index contributed by atoms with van der Waals surface area (Å²) in [5.74, 6) is -1.37. The fraction of sp³-hybridized carbons (Fsp3) is 0.462. The van der Waals surface area contributed by atoms with E-state index in [4.69, 9.17) is 16.7 Å². The van der Waals surface area contributed by atoms with Crippen LogP contribution in [0.1, 0.15) is 18.5 Å². The molecule has 3 rings (SSSR count). The van der Waals surface area contributed by atoms with E-state index in [0.717, 1.165) is 0 Å². The van der Waals surface area contributed by atoms with E-state index in [0.29, 0.717) is 29.2 Å². The zero-order chi connectivity index (χ0) is 16.8. The van der Waals surface area contributed by atoms with Crippen LogP contribution in [0.4, 0.5) is 0 Å². The Morgan fingerprint density at radius 1 is 1.39 bits per heavy atom. The molecule has 0 saturated carbocycles. The largest absolute Gasteiger partial charge is 0.481 e. The number of aromatic nitrogens is 3. The molecule has 2 aromatic heterocycles. The summed E-state index contributed by atoms with van der Waals surface area (Å²) in [6.45, 7) is 2.06. The van der Waals surface area contributed by atoms with Crippen molar-refractivity contribution in [1.29, 1.82) is 0 Å². The van der Waals surface area contributed by atoms with Crippen molar-refractivity contribution in [3.05, 3.63) is 23.1 Å². The lowest BCUT2D eigenvalue weighted by molar-refractivity contribution is -0.142. The number of hydrogen-bond donors (Lipinski definition) is 1. The van der Waals surface area contributed by atoms with Gasteiger partial charge in [-0.05, 0) is 19.8 Å². The van der Waals surface area contributed by atoms with Crippen molar-refractivity contribution in [1.82, 2.24) is 18.9 Å². The number of aliphatic carboxylic acids is 1. The first-order valence-electron chi connectivity index (χ1n) is 7.04.